The number of alkyl halides is 3. The molecule has 0 atom stereocenters. The van der Waals surface area contributed by atoms with Crippen LogP contribution in [0.1, 0.15) is 18.3 Å². The fraction of sp³-hybridized carbons (Fsp3) is 0.250. The summed E-state index contributed by atoms with van der Waals surface area (Å²) in [5.41, 5.74) is -0.770. The number of anilines is 1. The Bertz CT molecular complexity index is 1110. The maximum Gasteiger partial charge on any atom is 0.416 e. The van der Waals surface area contributed by atoms with E-state index in [2.05, 4.69) is 15.5 Å². The topological polar surface area (TPSA) is 69.0 Å². The quantitative estimate of drug-likeness (QED) is 0.384. The van der Waals surface area contributed by atoms with E-state index in [0.717, 1.165) is 23.9 Å². The highest BCUT2D eigenvalue weighted by Crippen LogP contribution is 2.31. The van der Waals surface area contributed by atoms with Crippen LogP contribution in [0.4, 0.5) is 18.9 Å². The molecule has 170 valence electrons. The van der Waals surface area contributed by atoms with Crippen molar-refractivity contribution in [1.29, 1.82) is 0 Å². The van der Waals surface area contributed by atoms with Crippen LogP contribution in [-0.2, 0) is 24.1 Å². The van der Waals surface area contributed by atoms with Crippen LogP contribution in [0.5, 0.6) is 5.75 Å². The second kappa shape index (κ2) is 10.5. The predicted octanol–water partition coefficient (Wildman–Crippen LogP) is 5.93. The number of rotatable bonds is 8. The van der Waals surface area contributed by atoms with E-state index in [-0.39, 0.29) is 18.0 Å². The molecule has 1 heterocycles. The first-order valence-corrected chi connectivity index (χ1v) is 11.0. The summed E-state index contributed by atoms with van der Waals surface area (Å²) < 4.78 is 45.9. The third kappa shape index (κ3) is 6.30. The van der Waals surface area contributed by atoms with Crippen LogP contribution in [0, 0.1) is 0 Å². The molecule has 6 nitrogen and oxygen atoms in total. The van der Waals surface area contributed by atoms with Crippen LogP contribution in [0.3, 0.4) is 0 Å². The van der Waals surface area contributed by atoms with E-state index in [0.29, 0.717) is 33.3 Å². The van der Waals surface area contributed by atoms with E-state index < -0.39 is 17.6 Å². The molecule has 3 aromatic rings. The highest BCUT2D eigenvalue weighted by atomic mass is 35.5. The normalized spacial score (nSPS) is 11.4. The largest absolute Gasteiger partial charge is 0.484 e. The first kappa shape index (κ1) is 24.2. The van der Waals surface area contributed by atoms with Crippen LogP contribution in [0.25, 0.3) is 0 Å². The number of hydrogen-bond donors (Lipinski definition) is 1. The lowest BCUT2D eigenvalue weighted by molar-refractivity contribution is -0.137. The second-order valence-electron chi connectivity index (χ2n) is 6.42. The molecular weight excluding hydrogens is 488 g/mol. The highest BCUT2D eigenvalue weighted by Gasteiger charge is 2.30. The van der Waals surface area contributed by atoms with Crippen LogP contribution < -0.4 is 10.1 Å². The van der Waals surface area contributed by atoms with Crippen molar-refractivity contribution in [3.63, 3.8) is 0 Å². The molecule has 2 aromatic carbocycles. The Hall–Kier alpha value is -2.43. The summed E-state index contributed by atoms with van der Waals surface area (Å²) in [5, 5.41) is 12.0. The van der Waals surface area contributed by atoms with Crippen molar-refractivity contribution >= 4 is 46.6 Å². The van der Waals surface area contributed by atoms with E-state index in [1.165, 1.54) is 12.1 Å². The summed E-state index contributed by atoms with van der Waals surface area (Å²) in [7, 11) is 0. The molecule has 0 fully saturated rings. The minimum absolute atomic E-state index is 0.0602. The van der Waals surface area contributed by atoms with Gasteiger partial charge in [0, 0.05) is 23.3 Å². The number of amides is 1. The summed E-state index contributed by atoms with van der Waals surface area (Å²) in [6.07, 6.45) is -4.49. The average Bonchev–Trinajstić information content (AvgIpc) is 3.14. The first-order chi connectivity index (χ1) is 15.2. The molecule has 0 aliphatic heterocycles. The van der Waals surface area contributed by atoms with Gasteiger partial charge in [0.15, 0.2) is 11.0 Å². The molecule has 3 rings (SSSR count). The zero-order valence-electron chi connectivity index (χ0n) is 16.6. The standard InChI is InChI=1S/C20H17Cl2F3N4O2S/c1-2-29-17(10-31-16-9-13(21)6-7-15(16)22)27-28-19(29)32-11-18(30)26-14-5-3-4-12(8-14)20(23,24)25/h3-9H,2,10-11H2,1H3,(H,26,30). The van der Waals surface area contributed by atoms with Crippen LogP contribution in [-0.4, -0.2) is 26.4 Å². The maximum atomic E-state index is 12.8. The Kier molecular flexibility index (Phi) is 7.91. The van der Waals surface area contributed by atoms with Gasteiger partial charge in [-0.05, 0) is 37.3 Å². The smallest absolute Gasteiger partial charge is 0.416 e. The lowest BCUT2D eigenvalue weighted by Gasteiger charge is -2.11. The van der Waals surface area contributed by atoms with Gasteiger partial charge in [0.25, 0.3) is 0 Å². The predicted molar refractivity (Wildman–Crippen MR) is 117 cm³/mol. The molecule has 0 bridgehead atoms. The van der Waals surface area contributed by atoms with Gasteiger partial charge in [-0.1, -0.05) is 41.0 Å². The van der Waals surface area contributed by atoms with Gasteiger partial charge >= 0.3 is 6.18 Å². The van der Waals surface area contributed by atoms with Crippen molar-refractivity contribution in [3.8, 4) is 5.75 Å². The second-order valence-corrected chi connectivity index (χ2v) is 8.21. The van der Waals surface area contributed by atoms with Gasteiger partial charge < -0.3 is 14.6 Å². The maximum absolute atomic E-state index is 12.8. The van der Waals surface area contributed by atoms with E-state index in [9.17, 15) is 18.0 Å². The van der Waals surface area contributed by atoms with Crippen molar-refractivity contribution in [1.82, 2.24) is 14.8 Å². The Morgan fingerprint density at radius 3 is 2.69 bits per heavy atom. The number of halogens is 5. The molecule has 1 N–H and O–H groups in total. The summed E-state index contributed by atoms with van der Waals surface area (Å²) >= 11 is 13.2. The van der Waals surface area contributed by atoms with Crippen molar-refractivity contribution in [2.24, 2.45) is 0 Å². The van der Waals surface area contributed by atoms with E-state index >= 15 is 0 Å². The van der Waals surface area contributed by atoms with Gasteiger partial charge in [-0.3, -0.25) is 4.79 Å². The number of ether oxygens (including phenoxy) is 1. The number of aromatic nitrogens is 3. The number of hydrogen-bond acceptors (Lipinski definition) is 5. The van der Waals surface area contributed by atoms with E-state index in [1.54, 1.807) is 22.8 Å². The van der Waals surface area contributed by atoms with E-state index in [4.69, 9.17) is 27.9 Å². The fourth-order valence-electron chi connectivity index (χ4n) is 2.68. The van der Waals surface area contributed by atoms with Crippen molar-refractivity contribution in [2.45, 2.75) is 31.4 Å². The molecule has 0 saturated carbocycles. The Morgan fingerprint density at radius 2 is 1.97 bits per heavy atom. The summed E-state index contributed by atoms with van der Waals surface area (Å²) in [6, 6.07) is 9.30. The fourth-order valence-corrected chi connectivity index (χ4v) is 3.84. The van der Waals surface area contributed by atoms with Crippen LogP contribution >= 0.6 is 35.0 Å². The SMILES string of the molecule is CCn1c(COc2cc(Cl)ccc2Cl)nnc1SCC(=O)Nc1cccc(C(F)(F)F)c1. The lowest BCUT2D eigenvalue weighted by atomic mass is 10.2. The molecule has 0 aliphatic rings. The monoisotopic (exact) mass is 504 g/mol. The zero-order valence-corrected chi connectivity index (χ0v) is 18.9. The van der Waals surface area contributed by atoms with Gasteiger partial charge in [-0.2, -0.15) is 13.2 Å². The summed E-state index contributed by atoms with van der Waals surface area (Å²) in [6.45, 7) is 2.48. The van der Waals surface area contributed by atoms with Gasteiger partial charge in [0.1, 0.15) is 12.4 Å². The van der Waals surface area contributed by atoms with Gasteiger partial charge in [0.05, 0.1) is 16.3 Å². The third-order valence-electron chi connectivity index (χ3n) is 4.17. The average molecular weight is 505 g/mol. The van der Waals surface area contributed by atoms with Gasteiger partial charge in [-0.25, -0.2) is 0 Å². The molecule has 12 heteroatoms. The summed E-state index contributed by atoms with van der Waals surface area (Å²) in [5.74, 6) is 0.391. The van der Waals surface area contributed by atoms with Crippen molar-refractivity contribution in [3.05, 3.63) is 63.9 Å². The molecule has 32 heavy (non-hydrogen) atoms. The highest BCUT2D eigenvalue weighted by molar-refractivity contribution is 7.99. The molecule has 1 amide bonds. The molecule has 0 aliphatic carbocycles. The molecule has 0 radical (unpaired) electrons. The third-order valence-corrected chi connectivity index (χ3v) is 5.68. The van der Waals surface area contributed by atoms with Gasteiger partial charge in [0.2, 0.25) is 5.91 Å². The Balaban J connectivity index is 1.60. The van der Waals surface area contributed by atoms with E-state index in [1.807, 2.05) is 6.92 Å². The minimum atomic E-state index is -4.49. The molecule has 0 unspecified atom stereocenters. The Labute approximate surface area is 196 Å². The van der Waals surface area contributed by atoms with Crippen LogP contribution in [0.15, 0.2) is 47.6 Å². The molecule has 0 saturated heterocycles. The molecule has 0 spiro atoms. The number of thioether (sulfide) groups is 1. The number of nitrogens with zero attached hydrogens (tertiary/aromatic N) is 3. The zero-order chi connectivity index (χ0) is 23.3. The number of nitrogens with one attached hydrogen (secondary N) is 1. The molecular formula is C20H17Cl2F3N4O2S. The summed E-state index contributed by atoms with van der Waals surface area (Å²) in [4.78, 5) is 12.2. The van der Waals surface area contributed by atoms with Gasteiger partial charge in [-0.15, -0.1) is 10.2 Å². The first-order valence-electron chi connectivity index (χ1n) is 9.27. The lowest BCUT2D eigenvalue weighted by Crippen LogP contribution is -2.15. The van der Waals surface area contributed by atoms with Crippen molar-refractivity contribution in [2.75, 3.05) is 11.1 Å². The minimum Gasteiger partial charge on any atom is -0.484 e. The Morgan fingerprint density at radius 1 is 1.19 bits per heavy atom. The van der Waals surface area contributed by atoms with Crippen LogP contribution in [0.2, 0.25) is 10.0 Å². The number of benzene rings is 2. The molecule has 1 aromatic heterocycles. The number of carbonyl (C=O) groups excluding carboxylic acids is 1. The number of carbonyl (C=O) groups is 1. The van der Waals surface area contributed by atoms with Crippen molar-refractivity contribution < 1.29 is 22.7 Å².